The summed E-state index contributed by atoms with van der Waals surface area (Å²) < 4.78 is 19.3. The second-order valence-electron chi connectivity index (χ2n) is 18.2. The summed E-state index contributed by atoms with van der Waals surface area (Å²) in [5.74, 6) is -1.83. The summed E-state index contributed by atoms with van der Waals surface area (Å²) in [6, 6.07) is 5.00. The molecule has 17 nitrogen and oxygen atoms in total. The molecule has 0 amide bonds. The van der Waals surface area contributed by atoms with E-state index < -0.39 is 69.5 Å². The van der Waals surface area contributed by atoms with Crippen LogP contribution in [0, 0.1) is 0 Å². The molecule has 0 saturated carbocycles. The third-order valence-electron chi connectivity index (χ3n) is 13.1. The summed E-state index contributed by atoms with van der Waals surface area (Å²) in [4.78, 5) is 131. The molecule has 0 N–H and O–H groups in total. The highest BCUT2D eigenvalue weighted by atomic mass is 16.6. The average Bonchev–Trinajstić information content (AvgIpc) is 3.91. The third-order valence-corrected chi connectivity index (χ3v) is 13.1. The Hall–Kier alpha value is -6.10. The van der Waals surface area contributed by atoms with Gasteiger partial charge in [-0.05, 0) is 37.1 Å². The van der Waals surface area contributed by atoms with Crippen molar-refractivity contribution in [3.05, 3.63) is 107 Å². The van der Waals surface area contributed by atoms with E-state index in [1.807, 2.05) is 0 Å². The number of nitrogens with zero attached hydrogens (tertiary/aromatic N) is 4. The summed E-state index contributed by atoms with van der Waals surface area (Å²) in [5, 5.41) is -0.126. The Morgan fingerprint density at radius 2 is 0.565 bits per heavy atom. The number of aromatic nitrogens is 4. The highest BCUT2D eigenvalue weighted by Crippen LogP contribution is 2.18. The van der Waals surface area contributed by atoms with Gasteiger partial charge in [0.25, 0.3) is 44.5 Å². The summed E-state index contributed by atoms with van der Waals surface area (Å²) in [6.07, 6.45) is 22.1. The van der Waals surface area contributed by atoms with E-state index in [1.54, 1.807) is 0 Å². The van der Waals surface area contributed by atoms with Gasteiger partial charge in [0.1, 0.15) is 26.3 Å². The van der Waals surface area contributed by atoms with E-state index in [-0.39, 0.29) is 82.6 Å². The molecule has 0 unspecified atom stereocenters. The molecule has 6 aromatic rings. The van der Waals surface area contributed by atoms with E-state index in [2.05, 4.69) is 13.8 Å². The lowest BCUT2D eigenvalue weighted by Gasteiger charge is -2.07. The van der Waals surface area contributed by atoms with Crippen LogP contribution in [0.5, 0.6) is 0 Å². The van der Waals surface area contributed by atoms with Gasteiger partial charge in [0, 0.05) is 13.1 Å². The van der Waals surface area contributed by atoms with Gasteiger partial charge in [0.15, 0.2) is 0 Å². The lowest BCUT2D eigenvalue weighted by molar-refractivity contribution is -0.147. The number of rotatable bonds is 32. The summed E-state index contributed by atoms with van der Waals surface area (Å²) >= 11 is 0. The van der Waals surface area contributed by atoms with Gasteiger partial charge in [-0.1, -0.05) is 129 Å². The first-order chi connectivity index (χ1) is 33.4. The molecular weight excluding hydrogens is 889 g/mol. The maximum atomic E-state index is 13.2. The molecule has 0 radical (unpaired) electrons. The quantitative estimate of drug-likeness (QED) is 0.0362. The smallest absolute Gasteiger partial charge is 0.326 e. The summed E-state index contributed by atoms with van der Waals surface area (Å²) in [5.41, 5.74) is -5.26. The zero-order valence-corrected chi connectivity index (χ0v) is 40.2. The Labute approximate surface area is 398 Å². The molecule has 0 spiro atoms. The Kier molecular flexibility index (Phi) is 19.3. The van der Waals surface area contributed by atoms with Crippen LogP contribution in [0.25, 0.3) is 43.1 Å². The first-order valence-electron chi connectivity index (χ1n) is 25.1. The second-order valence-corrected chi connectivity index (χ2v) is 18.2. The van der Waals surface area contributed by atoms with Crippen molar-refractivity contribution in [3.63, 3.8) is 0 Å². The van der Waals surface area contributed by atoms with Gasteiger partial charge >= 0.3 is 11.9 Å². The van der Waals surface area contributed by atoms with Gasteiger partial charge in [-0.3, -0.25) is 66.2 Å². The van der Waals surface area contributed by atoms with Gasteiger partial charge < -0.3 is 14.2 Å². The van der Waals surface area contributed by atoms with Crippen LogP contribution in [0.15, 0.2) is 62.6 Å². The van der Waals surface area contributed by atoms with Gasteiger partial charge in [-0.2, -0.15) is 0 Å². The van der Waals surface area contributed by atoms with E-state index in [0.29, 0.717) is 22.0 Å². The molecule has 0 saturated heterocycles. The number of benzene rings is 2. The maximum Gasteiger partial charge on any atom is 0.326 e. The van der Waals surface area contributed by atoms with Crippen LogP contribution in [0.3, 0.4) is 0 Å². The number of carbonyl (C=O) groups is 2. The van der Waals surface area contributed by atoms with Crippen molar-refractivity contribution in [1.82, 2.24) is 18.3 Å². The normalized spacial score (nSPS) is 11.9. The lowest BCUT2D eigenvalue weighted by atomic mass is 10.1. The number of ether oxygens (including phenoxy) is 3. The van der Waals surface area contributed by atoms with E-state index in [4.69, 9.17) is 14.2 Å². The van der Waals surface area contributed by atoms with Crippen LogP contribution in [-0.2, 0) is 50.0 Å². The molecule has 17 heteroatoms. The molecule has 2 aromatic carbocycles. The summed E-state index contributed by atoms with van der Waals surface area (Å²) in [6.45, 7) is 2.61. The zero-order chi connectivity index (χ0) is 49.5. The van der Waals surface area contributed by atoms with Gasteiger partial charge in [0.05, 0.1) is 56.3 Å². The molecule has 372 valence electrons. The largest absolute Gasteiger partial charge is 0.462 e. The topological polar surface area (TPSA) is 218 Å². The highest BCUT2D eigenvalue weighted by Gasteiger charge is 2.23. The number of carbonyl (C=O) groups excluding carboxylic acids is 2. The number of hydrogen-bond donors (Lipinski definition) is 0. The molecule has 0 bridgehead atoms. The maximum absolute atomic E-state index is 13.2. The molecule has 0 fully saturated rings. The molecule has 0 atom stereocenters. The predicted octanol–water partition coefficient (Wildman–Crippen LogP) is 5.78. The average molecular weight is 955 g/mol. The van der Waals surface area contributed by atoms with Crippen molar-refractivity contribution < 1.29 is 23.8 Å². The first kappa shape index (κ1) is 52.3. The summed E-state index contributed by atoms with van der Waals surface area (Å²) in [7, 11) is 0. The molecule has 4 heterocycles. The van der Waals surface area contributed by atoms with Crippen LogP contribution in [0.2, 0.25) is 0 Å². The van der Waals surface area contributed by atoms with Crippen LogP contribution >= 0.6 is 0 Å². The Balaban J connectivity index is 0.915. The zero-order valence-electron chi connectivity index (χ0n) is 40.2. The predicted molar refractivity (Wildman–Crippen MR) is 266 cm³/mol. The fourth-order valence-corrected chi connectivity index (χ4v) is 9.24. The molecular formula is C52H66N4O13. The van der Waals surface area contributed by atoms with Gasteiger partial charge in [-0.25, -0.2) is 0 Å². The molecule has 6 rings (SSSR count). The number of esters is 2. The minimum absolute atomic E-state index is 0.0455. The molecule has 0 aliphatic carbocycles. The van der Waals surface area contributed by atoms with E-state index in [9.17, 15) is 47.9 Å². The van der Waals surface area contributed by atoms with Crippen LogP contribution in [0.1, 0.15) is 142 Å². The van der Waals surface area contributed by atoms with E-state index in [0.717, 1.165) is 47.7 Å². The molecule has 0 aliphatic heterocycles. The Morgan fingerprint density at radius 3 is 0.826 bits per heavy atom. The monoisotopic (exact) mass is 954 g/mol. The van der Waals surface area contributed by atoms with Crippen molar-refractivity contribution in [2.45, 2.75) is 168 Å². The molecule has 4 aromatic heterocycles. The lowest BCUT2D eigenvalue weighted by Crippen LogP contribution is -2.31. The van der Waals surface area contributed by atoms with Crippen molar-refractivity contribution in [2.24, 2.45) is 0 Å². The fourth-order valence-electron chi connectivity index (χ4n) is 9.24. The molecule has 69 heavy (non-hydrogen) atoms. The van der Waals surface area contributed by atoms with Crippen molar-refractivity contribution in [2.75, 3.05) is 26.4 Å². The van der Waals surface area contributed by atoms with Crippen molar-refractivity contribution in [3.8, 4) is 0 Å². The second kappa shape index (κ2) is 25.5. The van der Waals surface area contributed by atoms with E-state index >= 15 is 0 Å². The standard InChI is InChI=1S/C52H66N4O13/c1-3-5-7-9-11-13-15-17-19-21-23-53-45(59)35-29-39-40(30-36(35)46(53)60)50(64)55(49(39)63)33-43(57)68-27-25-67-26-28-69-44(58)34-56-51(65)41-31-37-38(32-42(41)52(56)66)48(62)54(47(37)61)24-22-20-18-16-14-12-10-8-6-4-2/h29-32H,3-28,33-34H2,1-2H3. The Morgan fingerprint density at radius 1 is 0.333 bits per heavy atom. The third kappa shape index (κ3) is 12.8. The van der Waals surface area contributed by atoms with Crippen molar-refractivity contribution >= 4 is 55.0 Å². The van der Waals surface area contributed by atoms with Crippen molar-refractivity contribution in [1.29, 1.82) is 0 Å². The minimum atomic E-state index is -0.913. The van der Waals surface area contributed by atoms with Crippen LogP contribution < -0.4 is 44.5 Å². The van der Waals surface area contributed by atoms with E-state index in [1.165, 1.54) is 101 Å². The van der Waals surface area contributed by atoms with Crippen LogP contribution in [0.4, 0.5) is 0 Å². The van der Waals surface area contributed by atoms with Gasteiger partial charge in [-0.15, -0.1) is 0 Å². The highest BCUT2D eigenvalue weighted by molar-refractivity contribution is 5.99. The minimum Gasteiger partial charge on any atom is -0.462 e. The first-order valence-corrected chi connectivity index (χ1v) is 25.1. The number of unbranched alkanes of at least 4 members (excludes halogenated alkanes) is 18. The number of hydrogen-bond acceptors (Lipinski definition) is 13. The molecule has 0 aliphatic rings. The Bertz CT molecular complexity index is 2790. The van der Waals surface area contributed by atoms with Gasteiger partial charge in [0.2, 0.25) is 0 Å². The number of fused-ring (bicyclic) bond motifs is 4. The fraction of sp³-hybridized carbons (Fsp3) is 0.577. The SMILES string of the molecule is CCCCCCCCCCCCn1c(=O)c2cc3c(=O)n(CC(=O)OCCOCCOC(=O)Cn4c(=O)c5cc6c(=O)n(CCCCCCCCCCCC)c(=O)c6cc5c4=O)c(=O)c3cc2c1=O. The van der Waals surface area contributed by atoms with Crippen LogP contribution in [-0.4, -0.2) is 56.6 Å².